The standard InChI is InChI=1S/C16H22BrN3.HI/c1-3-18-16(19-14-8-10(14)2)20-15-9-13(15)11-4-6-12(17)7-5-11;/h4-7,10,13-15H,3,8-9H2,1-2H3,(H2,18,19,20);1H. The molecule has 2 saturated carbocycles. The van der Waals surface area contributed by atoms with Crippen LogP contribution >= 0.6 is 39.9 Å². The second kappa shape index (κ2) is 7.31. The largest absolute Gasteiger partial charge is 0.353 e. The maximum atomic E-state index is 4.55. The normalized spacial score (nSPS) is 30.3. The van der Waals surface area contributed by atoms with Gasteiger partial charge in [0.15, 0.2) is 5.96 Å². The summed E-state index contributed by atoms with van der Waals surface area (Å²) in [6.07, 6.45) is 2.47. The van der Waals surface area contributed by atoms with E-state index in [-0.39, 0.29) is 24.0 Å². The van der Waals surface area contributed by atoms with Gasteiger partial charge in [-0.05, 0) is 43.4 Å². The van der Waals surface area contributed by atoms with Crippen LogP contribution in [0.4, 0.5) is 0 Å². The number of rotatable bonds is 4. The molecule has 2 N–H and O–H groups in total. The van der Waals surface area contributed by atoms with E-state index in [0.717, 1.165) is 22.9 Å². The molecule has 3 rings (SSSR count). The van der Waals surface area contributed by atoms with E-state index in [1.807, 2.05) is 0 Å². The lowest BCUT2D eigenvalue weighted by molar-refractivity contribution is 0.749. The van der Waals surface area contributed by atoms with Gasteiger partial charge < -0.3 is 10.6 Å². The summed E-state index contributed by atoms with van der Waals surface area (Å²) in [7, 11) is 0. The van der Waals surface area contributed by atoms with E-state index in [9.17, 15) is 0 Å². The smallest absolute Gasteiger partial charge is 0.191 e. The van der Waals surface area contributed by atoms with E-state index in [0.29, 0.717) is 18.0 Å². The van der Waals surface area contributed by atoms with Gasteiger partial charge in [-0.1, -0.05) is 35.0 Å². The van der Waals surface area contributed by atoms with Crippen LogP contribution in [0.5, 0.6) is 0 Å². The van der Waals surface area contributed by atoms with Crippen LogP contribution in [-0.4, -0.2) is 24.6 Å². The second-order valence-electron chi connectivity index (χ2n) is 5.93. The monoisotopic (exact) mass is 463 g/mol. The van der Waals surface area contributed by atoms with Gasteiger partial charge in [-0.15, -0.1) is 24.0 Å². The number of nitrogens with one attached hydrogen (secondary N) is 2. The van der Waals surface area contributed by atoms with Crippen molar-refractivity contribution < 1.29 is 0 Å². The minimum absolute atomic E-state index is 0. The summed E-state index contributed by atoms with van der Waals surface area (Å²) in [6.45, 7) is 5.19. The Kier molecular flexibility index (Phi) is 5.94. The summed E-state index contributed by atoms with van der Waals surface area (Å²) in [4.78, 5) is 4.55. The van der Waals surface area contributed by atoms with Gasteiger partial charge in [0.25, 0.3) is 0 Å². The molecule has 116 valence electrons. The van der Waals surface area contributed by atoms with Gasteiger partial charge in [-0.3, -0.25) is 4.99 Å². The van der Waals surface area contributed by atoms with Crippen LogP contribution in [0.3, 0.4) is 0 Å². The topological polar surface area (TPSA) is 36.4 Å². The Morgan fingerprint density at radius 2 is 1.81 bits per heavy atom. The van der Waals surface area contributed by atoms with Crippen molar-refractivity contribution in [3.05, 3.63) is 34.3 Å². The van der Waals surface area contributed by atoms with Crippen molar-refractivity contribution >= 4 is 45.9 Å². The first-order valence-corrected chi connectivity index (χ1v) is 8.29. The van der Waals surface area contributed by atoms with Gasteiger partial charge in [0.2, 0.25) is 0 Å². The summed E-state index contributed by atoms with van der Waals surface area (Å²) in [5, 5.41) is 7.10. The molecule has 1 aromatic carbocycles. The fourth-order valence-electron chi connectivity index (χ4n) is 2.60. The first-order chi connectivity index (χ1) is 9.67. The molecule has 2 fully saturated rings. The summed E-state index contributed by atoms with van der Waals surface area (Å²) >= 11 is 3.49. The number of halogens is 2. The molecular weight excluding hydrogens is 441 g/mol. The van der Waals surface area contributed by atoms with Crippen LogP contribution in [0.15, 0.2) is 33.7 Å². The Morgan fingerprint density at radius 3 is 2.38 bits per heavy atom. The number of guanidine groups is 1. The first-order valence-electron chi connectivity index (χ1n) is 7.50. The highest BCUT2D eigenvalue weighted by molar-refractivity contribution is 14.0. The van der Waals surface area contributed by atoms with Crippen molar-refractivity contribution in [2.24, 2.45) is 10.9 Å². The average molecular weight is 464 g/mol. The Morgan fingerprint density at radius 1 is 1.19 bits per heavy atom. The number of hydrogen-bond donors (Lipinski definition) is 2. The third-order valence-corrected chi connectivity index (χ3v) is 4.69. The molecule has 3 nitrogen and oxygen atoms in total. The van der Waals surface area contributed by atoms with E-state index < -0.39 is 0 Å². The molecule has 2 aliphatic rings. The number of benzene rings is 1. The van der Waals surface area contributed by atoms with Crippen molar-refractivity contribution in [2.45, 2.75) is 44.7 Å². The zero-order chi connectivity index (χ0) is 14.1. The highest BCUT2D eigenvalue weighted by atomic mass is 127. The fourth-order valence-corrected chi connectivity index (χ4v) is 2.86. The molecule has 0 saturated heterocycles. The molecule has 4 unspecified atom stereocenters. The Hall–Kier alpha value is -0.300. The number of hydrogen-bond acceptors (Lipinski definition) is 1. The van der Waals surface area contributed by atoms with Crippen molar-refractivity contribution in [3.8, 4) is 0 Å². The quantitative estimate of drug-likeness (QED) is 0.403. The molecule has 0 aromatic heterocycles. The van der Waals surface area contributed by atoms with Crippen molar-refractivity contribution in [1.82, 2.24) is 10.6 Å². The highest BCUT2D eigenvalue weighted by Crippen LogP contribution is 2.41. The van der Waals surface area contributed by atoms with Gasteiger partial charge in [-0.25, -0.2) is 0 Å². The van der Waals surface area contributed by atoms with Crippen LogP contribution in [-0.2, 0) is 0 Å². The summed E-state index contributed by atoms with van der Waals surface area (Å²) < 4.78 is 1.14. The molecule has 0 heterocycles. The number of aliphatic imine (C=N–C) groups is 1. The second-order valence-corrected chi connectivity index (χ2v) is 6.85. The molecule has 2 aliphatic carbocycles. The van der Waals surface area contributed by atoms with Crippen LogP contribution < -0.4 is 10.6 Å². The van der Waals surface area contributed by atoms with Crippen molar-refractivity contribution in [3.63, 3.8) is 0 Å². The van der Waals surface area contributed by atoms with Crippen molar-refractivity contribution in [2.75, 3.05) is 6.54 Å². The van der Waals surface area contributed by atoms with Crippen LogP contribution in [0.2, 0.25) is 0 Å². The van der Waals surface area contributed by atoms with Crippen molar-refractivity contribution in [1.29, 1.82) is 0 Å². The van der Waals surface area contributed by atoms with E-state index in [1.165, 1.54) is 18.4 Å². The molecule has 0 aliphatic heterocycles. The summed E-state index contributed by atoms with van der Waals surface area (Å²) in [5.41, 5.74) is 1.42. The lowest BCUT2D eigenvalue weighted by Crippen LogP contribution is -2.40. The first kappa shape index (κ1) is 17.1. The Balaban J connectivity index is 0.00000161. The van der Waals surface area contributed by atoms with Gasteiger partial charge in [0, 0.05) is 29.0 Å². The third kappa shape index (κ3) is 4.58. The lowest BCUT2D eigenvalue weighted by Gasteiger charge is -2.12. The minimum Gasteiger partial charge on any atom is -0.353 e. The Labute approximate surface area is 152 Å². The molecule has 5 heteroatoms. The zero-order valence-corrected chi connectivity index (χ0v) is 16.4. The predicted octanol–water partition coefficient (Wildman–Crippen LogP) is 3.89. The zero-order valence-electron chi connectivity index (χ0n) is 12.5. The molecule has 0 spiro atoms. The maximum absolute atomic E-state index is 4.55. The summed E-state index contributed by atoms with van der Waals surface area (Å²) in [5.74, 6) is 2.41. The Bertz CT molecular complexity index is 503. The van der Waals surface area contributed by atoms with E-state index in [2.05, 4.69) is 69.7 Å². The lowest BCUT2D eigenvalue weighted by atomic mass is 10.1. The van der Waals surface area contributed by atoms with Gasteiger partial charge >= 0.3 is 0 Å². The maximum Gasteiger partial charge on any atom is 0.191 e. The van der Waals surface area contributed by atoms with Crippen LogP contribution in [0, 0.1) is 5.92 Å². The molecule has 4 atom stereocenters. The fraction of sp³-hybridized carbons (Fsp3) is 0.562. The number of nitrogens with zero attached hydrogens (tertiary/aromatic N) is 1. The molecule has 21 heavy (non-hydrogen) atoms. The van der Waals surface area contributed by atoms with Crippen LogP contribution in [0.1, 0.15) is 38.2 Å². The van der Waals surface area contributed by atoms with E-state index in [4.69, 9.17) is 0 Å². The molecular formula is C16H23BrIN3. The van der Waals surface area contributed by atoms with E-state index >= 15 is 0 Å². The average Bonchev–Trinajstić information content (AvgIpc) is 3.31. The van der Waals surface area contributed by atoms with Crippen LogP contribution in [0.25, 0.3) is 0 Å². The molecule has 0 radical (unpaired) electrons. The molecule has 0 amide bonds. The SMILES string of the molecule is CCN=C(NC1CC1C)NC1CC1c1ccc(Br)cc1.I. The van der Waals surface area contributed by atoms with Gasteiger partial charge in [0.05, 0.1) is 0 Å². The third-order valence-electron chi connectivity index (χ3n) is 4.16. The summed E-state index contributed by atoms with van der Waals surface area (Å²) in [6, 6.07) is 9.82. The highest BCUT2D eigenvalue weighted by Gasteiger charge is 2.40. The van der Waals surface area contributed by atoms with E-state index in [1.54, 1.807) is 0 Å². The van der Waals surface area contributed by atoms with Gasteiger partial charge in [-0.2, -0.15) is 0 Å². The predicted molar refractivity (Wildman–Crippen MR) is 103 cm³/mol. The molecule has 1 aromatic rings. The minimum atomic E-state index is 0. The van der Waals surface area contributed by atoms with Gasteiger partial charge in [0.1, 0.15) is 0 Å². The molecule has 0 bridgehead atoms.